The first-order valence-corrected chi connectivity index (χ1v) is 7.71. The Morgan fingerprint density at radius 1 is 1.47 bits per heavy atom. The van der Waals surface area contributed by atoms with Crippen LogP contribution in [0, 0.1) is 0 Å². The second-order valence-electron chi connectivity index (χ2n) is 5.59. The third-order valence-corrected chi connectivity index (χ3v) is 4.07. The SMILES string of the molecule is CCCN1CCC[C@@H]1c1cccnc1N[C@@H](C)CC. The molecule has 2 rings (SSSR count). The van der Waals surface area contributed by atoms with Crippen LogP contribution in [-0.4, -0.2) is 29.0 Å². The van der Waals surface area contributed by atoms with Gasteiger partial charge in [0.2, 0.25) is 0 Å². The Balaban J connectivity index is 2.18. The molecule has 1 aliphatic heterocycles. The number of nitrogens with zero attached hydrogens (tertiary/aromatic N) is 2. The van der Waals surface area contributed by atoms with Crippen molar-refractivity contribution in [3.63, 3.8) is 0 Å². The van der Waals surface area contributed by atoms with Crippen LogP contribution in [0.5, 0.6) is 0 Å². The Morgan fingerprint density at radius 2 is 2.32 bits per heavy atom. The first-order chi connectivity index (χ1) is 9.26. The van der Waals surface area contributed by atoms with Crippen LogP contribution in [0.2, 0.25) is 0 Å². The smallest absolute Gasteiger partial charge is 0.130 e. The molecule has 0 bridgehead atoms. The molecular formula is C16H27N3. The summed E-state index contributed by atoms with van der Waals surface area (Å²) in [5.41, 5.74) is 1.38. The van der Waals surface area contributed by atoms with Gasteiger partial charge in [0.25, 0.3) is 0 Å². The minimum absolute atomic E-state index is 0.481. The van der Waals surface area contributed by atoms with Gasteiger partial charge >= 0.3 is 0 Å². The van der Waals surface area contributed by atoms with Gasteiger partial charge in [0.15, 0.2) is 0 Å². The molecule has 1 aromatic heterocycles. The van der Waals surface area contributed by atoms with E-state index in [4.69, 9.17) is 0 Å². The maximum atomic E-state index is 4.57. The Hall–Kier alpha value is -1.09. The molecule has 1 saturated heterocycles. The highest BCUT2D eigenvalue weighted by Crippen LogP contribution is 2.35. The summed E-state index contributed by atoms with van der Waals surface area (Å²) in [6.45, 7) is 9.12. The lowest BCUT2D eigenvalue weighted by molar-refractivity contribution is 0.258. The second kappa shape index (κ2) is 6.90. The third kappa shape index (κ3) is 3.47. The molecular weight excluding hydrogens is 234 g/mol. The summed E-state index contributed by atoms with van der Waals surface area (Å²) >= 11 is 0. The van der Waals surface area contributed by atoms with Crippen molar-refractivity contribution in [3.05, 3.63) is 23.9 Å². The Kier molecular flexibility index (Phi) is 5.20. The highest BCUT2D eigenvalue weighted by molar-refractivity contribution is 5.46. The molecule has 0 aliphatic carbocycles. The minimum atomic E-state index is 0.481. The zero-order valence-electron chi connectivity index (χ0n) is 12.5. The fraction of sp³-hybridized carbons (Fsp3) is 0.688. The largest absolute Gasteiger partial charge is 0.367 e. The van der Waals surface area contributed by atoms with Crippen molar-refractivity contribution in [3.8, 4) is 0 Å². The van der Waals surface area contributed by atoms with E-state index < -0.39 is 0 Å². The van der Waals surface area contributed by atoms with Crippen molar-refractivity contribution in [1.29, 1.82) is 0 Å². The van der Waals surface area contributed by atoms with E-state index in [-0.39, 0.29) is 0 Å². The monoisotopic (exact) mass is 261 g/mol. The molecule has 0 radical (unpaired) electrons. The van der Waals surface area contributed by atoms with E-state index in [0.29, 0.717) is 12.1 Å². The third-order valence-electron chi connectivity index (χ3n) is 4.07. The summed E-state index contributed by atoms with van der Waals surface area (Å²) in [6.07, 6.45) is 6.82. The van der Waals surface area contributed by atoms with E-state index in [9.17, 15) is 0 Å². The number of hydrogen-bond donors (Lipinski definition) is 1. The number of aromatic nitrogens is 1. The summed E-state index contributed by atoms with van der Waals surface area (Å²) in [4.78, 5) is 7.18. The van der Waals surface area contributed by atoms with Crippen LogP contribution >= 0.6 is 0 Å². The highest BCUT2D eigenvalue weighted by Gasteiger charge is 2.27. The first kappa shape index (κ1) is 14.3. The van der Waals surface area contributed by atoms with Crippen LogP contribution in [-0.2, 0) is 0 Å². The lowest BCUT2D eigenvalue weighted by atomic mass is 10.0. The molecule has 1 N–H and O–H groups in total. The summed E-state index contributed by atoms with van der Waals surface area (Å²) in [7, 11) is 0. The van der Waals surface area contributed by atoms with Crippen LogP contribution < -0.4 is 5.32 Å². The molecule has 0 aromatic carbocycles. The van der Waals surface area contributed by atoms with Gasteiger partial charge in [0.1, 0.15) is 5.82 Å². The van der Waals surface area contributed by atoms with Crippen molar-refractivity contribution >= 4 is 5.82 Å². The predicted molar refractivity (Wildman–Crippen MR) is 81.5 cm³/mol. The molecule has 19 heavy (non-hydrogen) atoms. The van der Waals surface area contributed by atoms with Gasteiger partial charge in [-0.05, 0) is 51.8 Å². The average Bonchev–Trinajstić information content (AvgIpc) is 2.88. The second-order valence-corrected chi connectivity index (χ2v) is 5.59. The molecule has 2 atom stereocenters. The van der Waals surface area contributed by atoms with Gasteiger partial charge in [-0.15, -0.1) is 0 Å². The number of anilines is 1. The number of pyridine rings is 1. The number of nitrogens with one attached hydrogen (secondary N) is 1. The zero-order chi connectivity index (χ0) is 13.7. The fourth-order valence-corrected chi connectivity index (χ4v) is 2.88. The standard InChI is InChI=1S/C16H27N3/c1-4-11-19-12-7-9-15(19)14-8-6-10-17-16(14)18-13(3)5-2/h6,8,10,13,15H,4-5,7,9,11-12H2,1-3H3,(H,17,18)/t13-,15+/m0/s1. The van der Waals surface area contributed by atoms with E-state index in [1.807, 2.05) is 6.20 Å². The molecule has 1 aliphatic rings. The van der Waals surface area contributed by atoms with Gasteiger partial charge in [0, 0.05) is 23.8 Å². The lowest BCUT2D eigenvalue weighted by Crippen LogP contribution is -2.26. The molecule has 0 amide bonds. The van der Waals surface area contributed by atoms with E-state index in [2.05, 4.69) is 48.1 Å². The molecule has 1 fully saturated rings. The van der Waals surface area contributed by atoms with Crippen LogP contribution in [0.4, 0.5) is 5.82 Å². The lowest BCUT2D eigenvalue weighted by Gasteiger charge is -2.26. The van der Waals surface area contributed by atoms with Crippen molar-refractivity contribution in [2.75, 3.05) is 18.4 Å². The summed E-state index contributed by atoms with van der Waals surface area (Å²) < 4.78 is 0. The van der Waals surface area contributed by atoms with Crippen LogP contribution in [0.15, 0.2) is 18.3 Å². The number of likely N-dealkylation sites (tertiary alicyclic amines) is 1. The van der Waals surface area contributed by atoms with E-state index in [1.165, 1.54) is 37.9 Å². The molecule has 3 heteroatoms. The summed E-state index contributed by atoms with van der Waals surface area (Å²) in [5.74, 6) is 1.09. The summed E-state index contributed by atoms with van der Waals surface area (Å²) in [6, 6.07) is 5.35. The molecule has 3 nitrogen and oxygen atoms in total. The van der Waals surface area contributed by atoms with Gasteiger partial charge in [-0.1, -0.05) is 19.9 Å². The normalized spacial score (nSPS) is 21.5. The Bertz CT molecular complexity index is 391. The minimum Gasteiger partial charge on any atom is -0.367 e. The number of rotatable bonds is 6. The van der Waals surface area contributed by atoms with Gasteiger partial charge in [-0.25, -0.2) is 4.98 Å². The molecule has 0 saturated carbocycles. The topological polar surface area (TPSA) is 28.2 Å². The first-order valence-electron chi connectivity index (χ1n) is 7.71. The molecule has 2 heterocycles. The Labute approximate surface area is 117 Å². The fourth-order valence-electron chi connectivity index (χ4n) is 2.88. The maximum absolute atomic E-state index is 4.57. The number of hydrogen-bond acceptors (Lipinski definition) is 3. The summed E-state index contributed by atoms with van der Waals surface area (Å²) in [5, 5.41) is 3.56. The quantitative estimate of drug-likeness (QED) is 0.843. The zero-order valence-corrected chi connectivity index (χ0v) is 12.5. The van der Waals surface area contributed by atoms with Gasteiger partial charge in [-0.2, -0.15) is 0 Å². The van der Waals surface area contributed by atoms with Gasteiger partial charge in [-0.3, -0.25) is 4.90 Å². The average molecular weight is 261 g/mol. The highest BCUT2D eigenvalue weighted by atomic mass is 15.2. The molecule has 0 unspecified atom stereocenters. The van der Waals surface area contributed by atoms with E-state index in [0.717, 1.165) is 12.2 Å². The van der Waals surface area contributed by atoms with Crippen molar-refractivity contribution in [2.45, 2.75) is 58.5 Å². The predicted octanol–water partition coefficient (Wildman–Crippen LogP) is 3.84. The van der Waals surface area contributed by atoms with Crippen LogP contribution in [0.25, 0.3) is 0 Å². The van der Waals surface area contributed by atoms with Gasteiger partial charge < -0.3 is 5.32 Å². The van der Waals surface area contributed by atoms with Crippen molar-refractivity contribution < 1.29 is 0 Å². The van der Waals surface area contributed by atoms with Gasteiger partial charge in [0.05, 0.1) is 0 Å². The van der Waals surface area contributed by atoms with Crippen LogP contribution in [0.3, 0.4) is 0 Å². The molecule has 106 valence electrons. The maximum Gasteiger partial charge on any atom is 0.130 e. The molecule has 1 aromatic rings. The molecule has 0 spiro atoms. The van der Waals surface area contributed by atoms with Crippen molar-refractivity contribution in [2.24, 2.45) is 0 Å². The van der Waals surface area contributed by atoms with E-state index in [1.54, 1.807) is 0 Å². The van der Waals surface area contributed by atoms with Crippen LogP contribution in [0.1, 0.15) is 58.1 Å². The van der Waals surface area contributed by atoms with Crippen molar-refractivity contribution in [1.82, 2.24) is 9.88 Å². The Morgan fingerprint density at radius 3 is 3.05 bits per heavy atom. The van der Waals surface area contributed by atoms with E-state index >= 15 is 0 Å².